The Balaban J connectivity index is 2.96. The molecule has 0 aliphatic heterocycles. The topological polar surface area (TPSA) is 76.4 Å². The van der Waals surface area contributed by atoms with Crippen LogP contribution in [-0.4, -0.2) is 19.5 Å². The monoisotopic (exact) mass is 150 g/mol. The van der Waals surface area contributed by atoms with Crippen LogP contribution in [0.3, 0.4) is 0 Å². The van der Waals surface area contributed by atoms with Crippen LogP contribution in [0.25, 0.3) is 5.52 Å². The maximum absolute atomic E-state index is 9.14. The van der Waals surface area contributed by atoms with E-state index >= 15 is 0 Å². The van der Waals surface area contributed by atoms with Crippen molar-refractivity contribution in [1.29, 1.82) is 0 Å². The van der Waals surface area contributed by atoms with E-state index in [1.807, 2.05) is 0 Å². The molecule has 0 fully saturated rings. The summed E-state index contributed by atoms with van der Waals surface area (Å²) in [6.45, 7) is 0. The maximum atomic E-state index is 9.14. The van der Waals surface area contributed by atoms with Gasteiger partial charge in [-0.2, -0.15) is 0 Å². The van der Waals surface area contributed by atoms with E-state index in [0.717, 1.165) is 0 Å². The first kappa shape index (κ1) is 5.96. The number of nitrogens with two attached hydrogens (primary N) is 1. The number of nitrogen functional groups attached to an aromatic ring is 1. The van der Waals surface area contributed by atoms with Gasteiger partial charge in [-0.15, -0.1) is 0 Å². The Morgan fingerprint density at radius 1 is 1.45 bits per heavy atom. The molecule has 0 aliphatic rings. The smallest absolute Gasteiger partial charge is 0.241 e. The Hall–Kier alpha value is -1.78. The molecule has 0 bridgehead atoms. The van der Waals surface area contributed by atoms with Gasteiger partial charge >= 0.3 is 0 Å². The zero-order valence-electron chi connectivity index (χ0n) is 5.60. The lowest BCUT2D eigenvalue weighted by Crippen LogP contribution is -1.93. The molecule has 2 heterocycles. The van der Waals surface area contributed by atoms with Crippen LogP contribution in [0.15, 0.2) is 18.7 Å². The van der Waals surface area contributed by atoms with Gasteiger partial charge in [0.2, 0.25) is 5.88 Å². The fourth-order valence-electron chi connectivity index (χ4n) is 0.958. The van der Waals surface area contributed by atoms with Crippen molar-refractivity contribution in [3.8, 4) is 5.88 Å². The fraction of sp³-hybridized carbons (Fsp3) is 0. The third-order valence-corrected chi connectivity index (χ3v) is 1.46. The van der Waals surface area contributed by atoms with Crippen molar-refractivity contribution < 1.29 is 5.11 Å². The lowest BCUT2D eigenvalue weighted by Gasteiger charge is -1.94. The van der Waals surface area contributed by atoms with Gasteiger partial charge in [-0.3, -0.25) is 4.40 Å². The summed E-state index contributed by atoms with van der Waals surface area (Å²) in [5.74, 6) is 0.193. The molecule has 0 atom stereocenters. The molecule has 0 spiro atoms. The Morgan fingerprint density at radius 3 is 3.00 bits per heavy atom. The average Bonchev–Trinajstić information content (AvgIpc) is 2.34. The second kappa shape index (κ2) is 1.85. The van der Waals surface area contributed by atoms with E-state index in [1.165, 1.54) is 6.33 Å². The van der Waals surface area contributed by atoms with Gasteiger partial charge in [0.1, 0.15) is 6.33 Å². The molecule has 2 aromatic heterocycles. The van der Waals surface area contributed by atoms with E-state index in [9.17, 15) is 0 Å². The zero-order chi connectivity index (χ0) is 7.84. The second-order valence-electron chi connectivity index (χ2n) is 2.14. The minimum Gasteiger partial charge on any atom is -0.492 e. The summed E-state index contributed by atoms with van der Waals surface area (Å²) in [7, 11) is 0. The molecule has 0 aromatic carbocycles. The van der Waals surface area contributed by atoms with Crippen molar-refractivity contribution >= 4 is 11.3 Å². The summed E-state index contributed by atoms with van der Waals surface area (Å²) in [4.78, 5) is 7.45. The fourth-order valence-corrected chi connectivity index (χ4v) is 0.958. The number of rotatable bonds is 0. The number of aromatic nitrogens is 3. The maximum Gasteiger partial charge on any atom is 0.241 e. The van der Waals surface area contributed by atoms with Crippen molar-refractivity contribution in [3.05, 3.63) is 18.7 Å². The molecular formula is C6H6N4O. The van der Waals surface area contributed by atoms with Crippen molar-refractivity contribution in [2.75, 3.05) is 5.73 Å². The molecular weight excluding hydrogens is 144 g/mol. The Morgan fingerprint density at radius 2 is 2.27 bits per heavy atom. The van der Waals surface area contributed by atoms with Crippen LogP contribution in [0.1, 0.15) is 0 Å². The van der Waals surface area contributed by atoms with Crippen LogP contribution in [0, 0.1) is 0 Å². The van der Waals surface area contributed by atoms with Crippen molar-refractivity contribution in [2.24, 2.45) is 0 Å². The lowest BCUT2D eigenvalue weighted by molar-refractivity contribution is 0.462. The molecule has 5 nitrogen and oxygen atoms in total. The normalized spacial score (nSPS) is 10.5. The average molecular weight is 150 g/mol. The highest BCUT2D eigenvalue weighted by Gasteiger charge is 2.04. The van der Waals surface area contributed by atoms with E-state index < -0.39 is 0 Å². The van der Waals surface area contributed by atoms with Gasteiger partial charge in [0.25, 0.3) is 0 Å². The van der Waals surface area contributed by atoms with Crippen LogP contribution in [0.5, 0.6) is 5.88 Å². The summed E-state index contributed by atoms with van der Waals surface area (Å²) < 4.78 is 1.61. The molecule has 0 aliphatic carbocycles. The molecule has 5 heteroatoms. The first-order valence-electron chi connectivity index (χ1n) is 3.05. The van der Waals surface area contributed by atoms with Crippen LogP contribution in [-0.2, 0) is 0 Å². The highest BCUT2D eigenvalue weighted by Crippen LogP contribution is 2.19. The van der Waals surface area contributed by atoms with E-state index in [0.29, 0.717) is 5.52 Å². The van der Waals surface area contributed by atoms with Gasteiger partial charge in [0.05, 0.1) is 0 Å². The van der Waals surface area contributed by atoms with Gasteiger partial charge < -0.3 is 10.8 Å². The molecule has 0 radical (unpaired) electrons. The summed E-state index contributed by atoms with van der Waals surface area (Å²) in [6.07, 6.45) is 4.69. The van der Waals surface area contributed by atoms with Crippen LogP contribution in [0.4, 0.5) is 5.82 Å². The highest BCUT2D eigenvalue weighted by molar-refractivity contribution is 5.70. The van der Waals surface area contributed by atoms with Crippen LogP contribution >= 0.6 is 0 Å². The van der Waals surface area contributed by atoms with E-state index in [1.54, 1.807) is 16.8 Å². The molecule has 0 unspecified atom stereocenters. The zero-order valence-corrected chi connectivity index (χ0v) is 5.60. The summed E-state index contributed by atoms with van der Waals surface area (Å²) in [5.41, 5.74) is 5.92. The number of aromatic hydroxyl groups is 1. The highest BCUT2D eigenvalue weighted by atomic mass is 16.3. The van der Waals surface area contributed by atoms with Gasteiger partial charge in [0.15, 0.2) is 11.3 Å². The first-order valence-corrected chi connectivity index (χ1v) is 3.05. The van der Waals surface area contributed by atoms with E-state index in [2.05, 4.69) is 9.97 Å². The standard InChI is InChI=1S/C6H6N4O/c7-5-4-6(11)9-3-10(4)2-1-8-5/h1-3,11H,(H2,7,8). The van der Waals surface area contributed by atoms with E-state index in [4.69, 9.17) is 10.8 Å². The number of nitrogens with zero attached hydrogens (tertiary/aromatic N) is 3. The minimum atomic E-state index is -0.0874. The Labute approximate surface area is 62.1 Å². The quantitative estimate of drug-likeness (QED) is 0.555. The van der Waals surface area contributed by atoms with Crippen molar-refractivity contribution in [2.45, 2.75) is 0 Å². The summed E-state index contributed by atoms with van der Waals surface area (Å²) in [6, 6.07) is 0. The van der Waals surface area contributed by atoms with Gasteiger partial charge in [0, 0.05) is 12.4 Å². The molecule has 56 valence electrons. The minimum absolute atomic E-state index is 0.0874. The van der Waals surface area contributed by atoms with Gasteiger partial charge in [-0.05, 0) is 0 Å². The number of imidazole rings is 1. The van der Waals surface area contributed by atoms with Crippen LogP contribution in [0.2, 0.25) is 0 Å². The number of hydrogen-bond donors (Lipinski definition) is 2. The largest absolute Gasteiger partial charge is 0.492 e. The van der Waals surface area contributed by atoms with Gasteiger partial charge in [-0.25, -0.2) is 9.97 Å². The summed E-state index contributed by atoms with van der Waals surface area (Å²) >= 11 is 0. The lowest BCUT2D eigenvalue weighted by atomic mass is 10.5. The molecule has 2 aromatic rings. The van der Waals surface area contributed by atoms with Crippen molar-refractivity contribution in [1.82, 2.24) is 14.4 Å². The Bertz CT molecular complexity index is 394. The number of fused-ring (bicyclic) bond motifs is 1. The molecule has 0 saturated carbocycles. The number of anilines is 1. The third-order valence-electron chi connectivity index (χ3n) is 1.46. The molecule has 0 saturated heterocycles. The summed E-state index contributed by atoms with van der Waals surface area (Å²) in [5, 5.41) is 9.14. The van der Waals surface area contributed by atoms with Crippen LogP contribution < -0.4 is 5.73 Å². The van der Waals surface area contributed by atoms with E-state index in [-0.39, 0.29) is 11.7 Å². The predicted molar refractivity (Wildman–Crippen MR) is 39.1 cm³/mol. The first-order chi connectivity index (χ1) is 5.29. The Kier molecular flexibility index (Phi) is 1.00. The second-order valence-corrected chi connectivity index (χ2v) is 2.14. The molecule has 0 amide bonds. The van der Waals surface area contributed by atoms with Gasteiger partial charge in [-0.1, -0.05) is 0 Å². The predicted octanol–water partition coefficient (Wildman–Crippen LogP) is 0.0171. The number of hydrogen-bond acceptors (Lipinski definition) is 4. The SMILES string of the molecule is Nc1nccn2cnc(O)c12. The van der Waals surface area contributed by atoms with Crippen molar-refractivity contribution in [3.63, 3.8) is 0 Å². The molecule has 2 rings (SSSR count). The molecule has 3 N–H and O–H groups in total. The molecule has 11 heavy (non-hydrogen) atoms. The third kappa shape index (κ3) is 0.706.